The Balaban J connectivity index is 2.70. The number of rotatable bonds is 4. The van der Waals surface area contributed by atoms with E-state index in [2.05, 4.69) is 9.72 Å². The molecule has 0 N–H and O–H groups in total. The van der Waals surface area contributed by atoms with Gasteiger partial charge in [-0.3, -0.25) is 4.79 Å². The Kier molecular flexibility index (Phi) is 4.28. The van der Waals surface area contributed by atoms with Gasteiger partial charge in [-0.25, -0.2) is 4.98 Å². The zero-order valence-electron chi connectivity index (χ0n) is 9.30. The standard InChI is InChI=1S/C11H13N3O2/c1-14(7-5-11(15)16-2)10-4-3-6-13-9(10)8-12/h3-4,6H,5,7H2,1-2H3. The minimum Gasteiger partial charge on any atom is -0.469 e. The van der Waals surface area contributed by atoms with Gasteiger partial charge >= 0.3 is 5.97 Å². The Morgan fingerprint density at radius 1 is 1.69 bits per heavy atom. The van der Waals surface area contributed by atoms with E-state index in [-0.39, 0.29) is 12.4 Å². The van der Waals surface area contributed by atoms with Crippen molar-refractivity contribution in [3.63, 3.8) is 0 Å². The summed E-state index contributed by atoms with van der Waals surface area (Å²) in [5, 5.41) is 8.86. The SMILES string of the molecule is COC(=O)CCN(C)c1cccnc1C#N. The fourth-order valence-electron chi connectivity index (χ4n) is 1.27. The number of nitrogens with zero attached hydrogens (tertiary/aromatic N) is 3. The summed E-state index contributed by atoms with van der Waals surface area (Å²) < 4.78 is 4.55. The van der Waals surface area contributed by atoms with Crippen molar-refractivity contribution in [2.45, 2.75) is 6.42 Å². The number of esters is 1. The summed E-state index contributed by atoms with van der Waals surface area (Å²) in [6.45, 7) is 0.493. The molecule has 0 saturated carbocycles. The second kappa shape index (κ2) is 5.71. The number of hydrogen-bond donors (Lipinski definition) is 0. The number of aromatic nitrogens is 1. The average Bonchev–Trinajstić information content (AvgIpc) is 2.35. The molecule has 5 heteroatoms. The molecule has 0 aliphatic heterocycles. The van der Waals surface area contributed by atoms with E-state index in [0.717, 1.165) is 0 Å². The van der Waals surface area contributed by atoms with Crippen molar-refractivity contribution >= 4 is 11.7 Å². The maximum Gasteiger partial charge on any atom is 0.307 e. The molecule has 0 spiro atoms. The molecule has 0 saturated heterocycles. The molecular formula is C11H13N3O2. The van der Waals surface area contributed by atoms with E-state index in [1.54, 1.807) is 25.4 Å². The number of methoxy groups -OCH3 is 1. The summed E-state index contributed by atoms with van der Waals surface area (Å²) in [5.41, 5.74) is 1.07. The summed E-state index contributed by atoms with van der Waals surface area (Å²) in [7, 11) is 3.16. The number of ether oxygens (including phenoxy) is 1. The normalized spacial score (nSPS) is 9.31. The molecule has 84 valence electrons. The van der Waals surface area contributed by atoms with Gasteiger partial charge in [0.25, 0.3) is 0 Å². The molecule has 1 aromatic rings. The summed E-state index contributed by atoms with van der Waals surface area (Å²) in [6.07, 6.45) is 1.85. The Bertz CT molecular complexity index is 412. The number of carbonyl (C=O) groups excluding carboxylic acids is 1. The molecule has 1 heterocycles. The molecule has 0 atom stereocenters. The van der Waals surface area contributed by atoms with Gasteiger partial charge in [-0.2, -0.15) is 5.26 Å². The van der Waals surface area contributed by atoms with Gasteiger partial charge in [-0.15, -0.1) is 0 Å². The Hall–Kier alpha value is -2.09. The molecule has 16 heavy (non-hydrogen) atoms. The molecule has 1 rings (SSSR count). The van der Waals surface area contributed by atoms with Crippen molar-refractivity contribution in [2.24, 2.45) is 0 Å². The third-order valence-electron chi connectivity index (χ3n) is 2.18. The monoisotopic (exact) mass is 219 g/mol. The fourth-order valence-corrected chi connectivity index (χ4v) is 1.27. The molecule has 1 aromatic heterocycles. The predicted molar refractivity (Wildman–Crippen MR) is 58.9 cm³/mol. The van der Waals surface area contributed by atoms with E-state index in [1.165, 1.54) is 7.11 Å². The second-order valence-electron chi connectivity index (χ2n) is 3.23. The van der Waals surface area contributed by atoms with Crippen LogP contribution in [0.25, 0.3) is 0 Å². The van der Waals surface area contributed by atoms with Gasteiger partial charge in [0.15, 0.2) is 5.69 Å². The third kappa shape index (κ3) is 2.95. The van der Waals surface area contributed by atoms with Gasteiger partial charge in [0, 0.05) is 19.8 Å². The maximum absolute atomic E-state index is 11.0. The van der Waals surface area contributed by atoms with Crippen LogP contribution in [-0.4, -0.2) is 31.7 Å². The summed E-state index contributed by atoms with van der Waals surface area (Å²) >= 11 is 0. The maximum atomic E-state index is 11.0. The highest BCUT2D eigenvalue weighted by molar-refractivity contribution is 5.70. The van der Waals surface area contributed by atoms with Crippen molar-refractivity contribution in [1.82, 2.24) is 4.98 Å². The molecule has 0 aliphatic rings. The Labute approximate surface area is 94.3 Å². The van der Waals surface area contributed by atoms with E-state index in [1.807, 2.05) is 11.0 Å². The van der Waals surface area contributed by atoms with Gasteiger partial charge in [0.05, 0.1) is 19.2 Å². The second-order valence-corrected chi connectivity index (χ2v) is 3.23. The van der Waals surface area contributed by atoms with Crippen molar-refractivity contribution < 1.29 is 9.53 Å². The van der Waals surface area contributed by atoms with Crippen LogP contribution in [0.1, 0.15) is 12.1 Å². The number of hydrogen-bond acceptors (Lipinski definition) is 5. The van der Waals surface area contributed by atoms with Crippen molar-refractivity contribution in [3.05, 3.63) is 24.0 Å². The summed E-state index contributed by atoms with van der Waals surface area (Å²) in [5.74, 6) is -0.269. The highest BCUT2D eigenvalue weighted by atomic mass is 16.5. The lowest BCUT2D eigenvalue weighted by Gasteiger charge is -2.18. The van der Waals surface area contributed by atoms with E-state index < -0.39 is 0 Å². The van der Waals surface area contributed by atoms with Crippen LogP contribution in [0.5, 0.6) is 0 Å². The zero-order chi connectivity index (χ0) is 12.0. The van der Waals surface area contributed by atoms with Crippen LogP contribution in [0.15, 0.2) is 18.3 Å². The van der Waals surface area contributed by atoms with Crippen molar-refractivity contribution in [1.29, 1.82) is 5.26 Å². The lowest BCUT2D eigenvalue weighted by Crippen LogP contribution is -2.22. The van der Waals surface area contributed by atoms with Crippen LogP contribution in [0.2, 0.25) is 0 Å². The fraction of sp³-hybridized carbons (Fsp3) is 0.364. The number of anilines is 1. The van der Waals surface area contributed by atoms with Crippen LogP contribution in [0, 0.1) is 11.3 Å². The zero-order valence-corrected chi connectivity index (χ0v) is 9.30. The molecular weight excluding hydrogens is 206 g/mol. The molecule has 0 fully saturated rings. The van der Waals surface area contributed by atoms with Crippen LogP contribution in [-0.2, 0) is 9.53 Å². The topological polar surface area (TPSA) is 66.2 Å². The first-order chi connectivity index (χ1) is 7.69. The lowest BCUT2D eigenvalue weighted by atomic mass is 10.2. The minimum absolute atomic E-state index is 0.269. The molecule has 0 unspecified atom stereocenters. The van der Waals surface area contributed by atoms with Crippen LogP contribution >= 0.6 is 0 Å². The van der Waals surface area contributed by atoms with Gasteiger partial charge in [0.2, 0.25) is 0 Å². The minimum atomic E-state index is -0.269. The first kappa shape index (κ1) is 12.0. The van der Waals surface area contributed by atoms with Gasteiger partial charge in [-0.1, -0.05) is 0 Å². The molecule has 0 amide bonds. The Morgan fingerprint density at radius 3 is 3.06 bits per heavy atom. The van der Waals surface area contributed by atoms with Gasteiger partial charge in [-0.05, 0) is 12.1 Å². The van der Waals surface area contributed by atoms with Crippen LogP contribution < -0.4 is 4.90 Å². The largest absolute Gasteiger partial charge is 0.469 e. The molecule has 0 aromatic carbocycles. The quantitative estimate of drug-likeness (QED) is 0.705. The van der Waals surface area contributed by atoms with E-state index >= 15 is 0 Å². The van der Waals surface area contributed by atoms with Crippen LogP contribution in [0.4, 0.5) is 5.69 Å². The van der Waals surface area contributed by atoms with E-state index in [4.69, 9.17) is 5.26 Å². The summed E-state index contributed by atoms with van der Waals surface area (Å²) in [6, 6.07) is 5.56. The van der Waals surface area contributed by atoms with Crippen molar-refractivity contribution in [3.8, 4) is 6.07 Å². The average molecular weight is 219 g/mol. The van der Waals surface area contributed by atoms with Crippen molar-refractivity contribution in [2.75, 3.05) is 25.6 Å². The first-order valence-electron chi connectivity index (χ1n) is 4.82. The number of nitriles is 1. The highest BCUT2D eigenvalue weighted by Crippen LogP contribution is 2.15. The highest BCUT2D eigenvalue weighted by Gasteiger charge is 2.09. The van der Waals surface area contributed by atoms with E-state index in [9.17, 15) is 4.79 Å². The lowest BCUT2D eigenvalue weighted by molar-refractivity contribution is -0.140. The molecule has 0 radical (unpaired) electrons. The predicted octanol–water partition coefficient (Wildman–Crippen LogP) is 0.953. The van der Waals surface area contributed by atoms with E-state index in [0.29, 0.717) is 17.9 Å². The van der Waals surface area contributed by atoms with Gasteiger partial charge in [0.1, 0.15) is 6.07 Å². The Morgan fingerprint density at radius 2 is 2.44 bits per heavy atom. The smallest absolute Gasteiger partial charge is 0.307 e. The molecule has 5 nitrogen and oxygen atoms in total. The molecule has 0 bridgehead atoms. The number of carbonyl (C=O) groups is 1. The third-order valence-corrected chi connectivity index (χ3v) is 2.18. The number of pyridine rings is 1. The summed E-state index contributed by atoms with van der Waals surface area (Å²) in [4.78, 5) is 16.7. The van der Waals surface area contributed by atoms with Crippen LogP contribution in [0.3, 0.4) is 0 Å². The van der Waals surface area contributed by atoms with Gasteiger partial charge < -0.3 is 9.64 Å². The first-order valence-corrected chi connectivity index (χ1v) is 4.82. The molecule has 0 aliphatic carbocycles.